The standard InChI is InChI=1S/C20H25N5O3/c1-4-6-9-12-25-19(26)15-11-8-7-10-14(15)18(22-25)20(27)24(3)13-17-21-16(5-2)23-28-17/h7-8,10-11H,4-6,9,12-13H2,1-3H3. The molecule has 0 radical (unpaired) electrons. The zero-order valence-electron chi connectivity index (χ0n) is 16.5. The molecule has 28 heavy (non-hydrogen) atoms. The Labute approximate surface area is 163 Å². The molecule has 8 nitrogen and oxygen atoms in total. The van der Waals surface area contributed by atoms with E-state index in [4.69, 9.17) is 4.52 Å². The van der Waals surface area contributed by atoms with Gasteiger partial charge in [-0.05, 0) is 12.5 Å². The lowest BCUT2D eigenvalue weighted by Crippen LogP contribution is -2.32. The van der Waals surface area contributed by atoms with Gasteiger partial charge in [0.2, 0.25) is 5.89 Å². The SMILES string of the molecule is CCCCCn1nc(C(=O)N(C)Cc2nc(CC)no2)c2ccccc2c1=O. The van der Waals surface area contributed by atoms with Crippen LogP contribution in [0.2, 0.25) is 0 Å². The van der Waals surface area contributed by atoms with Crippen LogP contribution in [0, 0.1) is 0 Å². The molecule has 0 N–H and O–H groups in total. The van der Waals surface area contributed by atoms with E-state index in [2.05, 4.69) is 22.2 Å². The number of hydrogen-bond donors (Lipinski definition) is 0. The first kappa shape index (κ1) is 19.7. The van der Waals surface area contributed by atoms with E-state index in [1.165, 1.54) is 9.58 Å². The normalized spacial score (nSPS) is 11.1. The highest BCUT2D eigenvalue weighted by Gasteiger charge is 2.21. The average Bonchev–Trinajstić information content (AvgIpc) is 3.17. The maximum Gasteiger partial charge on any atom is 0.275 e. The van der Waals surface area contributed by atoms with E-state index < -0.39 is 0 Å². The number of amides is 1. The molecule has 0 aliphatic carbocycles. The molecule has 0 aliphatic rings. The lowest BCUT2D eigenvalue weighted by molar-refractivity contribution is 0.0763. The van der Waals surface area contributed by atoms with Crippen molar-refractivity contribution in [1.82, 2.24) is 24.8 Å². The number of nitrogens with zero attached hydrogens (tertiary/aromatic N) is 5. The topological polar surface area (TPSA) is 94.1 Å². The van der Waals surface area contributed by atoms with Crippen molar-refractivity contribution in [3.8, 4) is 0 Å². The van der Waals surface area contributed by atoms with Crippen molar-refractivity contribution >= 4 is 16.7 Å². The number of unbranched alkanes of at least 4 members (excludes halogenated alkanes) is 2. The number of hydrogen-bond acceptors (Lipinski definition) is 6. The average molecular weight is 383 g/mol. The Morgan fingerprint density at radius 2 is 1.93 bits per heavy atom. The highest BCUT2D eigenvalue weighted by atomic mass is 16.5. The fraction of sp³-hybridized carbons (Fsp3) is 0.450. The van der Waals surface area contributed by atoms with Gasteiger partial charge in [0.1, 0.15) is 6.54 Å². The van der Waals surface area contributed by atoms with Crippen LogP contribution in [0.25, 0.3) is 10.8 Å². The van der Waals surface area contributed by atoms with Gasteiger partial charge in [0, 0.05) is 25.4 Å². The zero-order valence-corrected chi connectivity index (χ0v) is 16.5. The van der Waals surface area contributed by atoms with Crippen LogP contribution in [-0.4, -0.2) is 37.8 Å². The van der Waals surface area contributed by atoms with Crippen molar-refractivity contribution in [2.24, 2.45) is 0 Å². The van der Waals surface area contributed by atoms with Crippen LogP contribution in [0.15, 0.2) is 33.6 Å². The monoisotopic (exact) mass is 383 g/mol. The quantitative estimate of drug-likeness (QED) is 0.555. The fourth-order valence-electron chi connectivity index (χ4n) is 3.01. The Bertz CT molecular complexity index is 1020. The maximum atomic E-state index is 13.1. The summed E-state index contributed by atoms with van der Waals surface area (Å²) in [6.07, 6.45) is 3.55. The third kappa shape index (κ3) is 4.11. The van der Waals surface area contributed by atoms with Crippen LogP contribution in [0.5, 0.6) is 0 Å². The molecule has 148 valence electrons. The van der Waals surface area contributed by atoms with Gasteiger partial charge in [0.15, 0.2) is 11.5 Å². The summed E-state index contributed by atoms with van der Waals surface area (Å²) in [5.41, 5.74) is 0.0832. The number of carbonyl (C=O) groups excluding carboxylic acids is 1. The molecule has 0 atom stereocenters. The summed E-state index contributed by atoms with van der Waals surface area (Å²) >= 11 is 0. The number of aromatic nitrogens is 4. The summed E-state index contributed by atoms with van der Waals surface area (Å²) in [5, 5.41) is 9.30. The van der Waals surface area contributed by atoms with Crippen LogP contribution < -0.4 is 5.56 Å². The summed E-state index contributed by atoms with van der Waals surface area (Å²) in [6.45, 7) is 4.70. The second-order valence-corrected chi connectivity index (χ2v) is 6.75. The van der Waals surface area contributed by atoms with E-state index in [1.807, 2.05) is 6.92 Å². The van der Waals surface area contributed by atoms with Crippen LogP contribution in [-0.2, 0) is 19.5 Å². The predicted molar refractivity (Wildman–Crippen MR) is 105 cm³/mol. The van der Waals surface area contributed by atoms with Gasteiger partial charge >= 0.3 is 0 Å². The van der Waals surface area contributed by atoms with E-state index in [1.54, 1.807) is 31.3 Å². The number of rotatable bonds is 8. The summed E-state index contributed by atoms with van der Waals surface area (Å²) < 4.78 is 6.58. The van der Waals surface area contributed by atoms with Crippen LogP contribution in [0.3, 0.4) is 0 Å². The molecule has 0 unspecified atom stereocenters. The molecule has 0 fully saturated rings. The molecule has 0 bridgehead atoms. The zero-order chi connectivity index (χ0) is 20.1. The van der Waals surface area contributed by atoms with E-state index in [9.17, 15) is 9.59 Å². The Morgan fingerprint density at radius 3 is 2.61 bits per heavy atom. The molecule has 0 saturated heterocycles. The van der Waals surface area contributed by atoms with Crippen molar-refractivity contribution in [3.63, 3.8) is 0 Å². The van der Waals surface area contributed by atoms with Crippen LogP contribution >= 0.6 is 0 Å². The number of aryl methyl sites for hydroxylation is 2. The molecule has 0 spiro atoms. The van der Waals surface area contributed by atoms with Gasteiger partial charge in [-0.25, -0.2) is 4.68 Å². The molecule has 2 heterocycles. The Kier molecular flexibility index (Phi) is 6.18. The minimum Gasteiger partial charge on any atom is -0.337 e. The summed E-state index contributed by atoms with van der Waals surface area (Å²) in [7, 11) is 1.65. The van der Waals surface area contributed by atoms with E-state index in [0.29, 0.717) is 35.5 Å². The Balaban J connectivity index is 1.94. The molecule has 3 rings (SSSR count). The molecular weight excluding hydrogens is 358 g/mol. The van der Waals surface area contributed by atoms with Gasteiger partial charge in [-0.3, -0.25) is 9.59 Å². The second-order valence-electron chi connectivity index (χ2n) is 6.75. The summed E-state index contributed by atoms with van der Waals surface area (Å²) in [4.78, 5) is 31.5. The molecule has 0 aliphatic heterocycles. The Hall–Kier alpha value is -3.03. The highest BCUT2D eigenvalue weighted by Crippen LogP contribution is 2.16. The van der Waals surface area contributed by atoms with Crippen molar-refractivity contribution in [3.05, 3.63) is 52.0 Å². The summed E-state index contributed by atoms with van der Waals surface area (Å²) in [5.74, 6) is 0.675. The third-order valence-corrected chi connectivity index (χ3v) is 4.59. The molecule has 0 saturated carbocycles. The van der Waals surface area contributed by atoms with E-state index >= 15 is 0 Å². The fourth-order valence-corrected chi connectivity index (χ4v) is 3.01. The van der Waals surface area contributed by atoms with Crippen molar-refractivity contribution < 1.29 is 9.32 Å². The van der Waals surface area contributed by atoms with Crippen molar-refractivity contribution in [1.29, 1.82) is 0 Å². The van der Waals surface area contributed by atoms with E-state index in [0.717, 1.165) is 19.3 Å². The smallest absolute Gasteiger partial charge is 0.275 e. The Morgan fingerprint density at radius 1 is 1.18 bits per heavy atom. The number of fused-ring (bicyclic) bond motifs is 1. The molecule has 2 aromatic heterocycles. The molecular formula is C20H25N5O3. The van der Waals surface area contributed by atoms with Gasteiger partial charge in [0.05, 0.1) is 5.39 Å². The van der Waals surface area contributed by atoms with E-state index in [-0.39, 0.29) is 23.7 Å². The lowest BCUT2D eigenvalue weighted by Gasteiger charge is -2.16. The lowest BCUT2D eigenvalue weighted by atomic mass is 10.1. The number of carbonyl (C=O) groups is 1. The predicted octanol–water partition coefficient (Wildman–Crippen LogP) is 2.80. The van der Waals surface area contributed by atoms with Crippen LogP contribution in [0.4, 0.5) is 0 Å². The van der Waals surface area contributed by atoms with Crippen molar-refractivity contribution in [2.45, 2.75) is 52.6 Å². The first-order chi connectivity index (χ1) is 13.5. The van der Waals surface area contributed by atoms with Crippen LogP contribution in [0.1, 0.15) is 55.3 Å². The van der Waals surface area contributed by atoms with Gasteiger partial charge in [-0.1, -0.05) is 50.0 Å². The molecule has 1 amide bonds. The van der Waals surface area contributed by atoms with Gasteiger partial charge < -0.3 is 9.42 Å². The summed E-state index contributed by atoms with van der Waals surface area (Å²) in [6, 6.07) is 7.08. The first-order valence-electron chi connectivity index (χ1n) is 9.61. The third-order valence-electron chi connectivity index (χ3n) is 4.59. The largest absolute Gasteiger partial charge is 0.337 e. The van der Waals surface area contributed by atoms with Crippen molar-refractivity contribution in [2.75, 3.05) is 7.05 Å². The molecule has 8 heteroatoms. The second kappa shape index (κ2) is 8.77. The minimum atomic E-state index is -0.295. The maximum absolute atomic E-state index is 13.1. The highest BCUT2D eigenvalue weighted by molar-refractivity contribution is 6.04. The molecule has 1 aromatic carbocycles. The van der Waals surface area contributed by atoms with Gasteiger partial charge in [-0.2, -0.15) is 10.1 Å². The van der Waals surface area contributed by atoms with Gasteiger partial charge in [-0.15, -0.1) is 0 Å². The number of benzene rings is 1. The molecule has 3 aromatic rings. The first-order valence-corrected chi connectivity index (χ1v) is 9.61. The minimum absolute atomic E-state index is 0.171. The van der Waals surface area contributed by atoms with Gasteiger partial charge in [0.25, 0.3) is 11.5 Å².